The van der Waals surface area contributed by atoms with Crippen LogP contribution < -0.4 is 20.7 Å². The van der Waals surface area contributed by atoms with Crippen LogP contribution in [-0.4, -0.2) is 11.9 Å². The SMILES string of the molecule is OB(c1ccc(N(c2ccccc2)c2ccccc2)cc1)c1ccc(N(c2ccccc2)c2ccccc2)cc1. The van der Waals surface area contributed by atoms with Gasteiger partial charge in [-0.05, 0) is 83.7 Å². The highest BCUT2D eigenvalue weighted by Gasteiger charge is 2.20. The van der Waals surface area contributed by atoms with Gasteiger partial charge in [0.1, 0.15) is 0 Å². The van der Waals surface area contributed by atoms with Crippen molar-refractivity contribution in [2.45, 2.75) is 0 Å². The molecule has 0 amide bonds. The van der Waals surface area contributed by atoms with Crippen molar-refractivity contribution in [3.63, 3.8) is 0 Å². The topological polar surface area (TPSA) is 26.7 Å². The van der Waals surface area contributed by atoms with Gasteiger partial charge in [0.25, 0.3) is 0 Å². The maximum atomic E-state index is 11.3. The van der Waals surface area contributed by atoms with Crippen molar-refractivity contribution in [1.29, 1.82) is 0 Å². The maximum absolute atomic E-state index is 11.3. The third kappa shape index (κ3) is 5.39. The summed E-state index contributed by atoms with van der Waals surface area (Å²) in [7, 11) is 0. The molecule has 0 bridgehead atoms. The second kappa shape index (κ2) is 11.8. The summed E-state index contributed by atoms with van der Waals surface area (Å²) in [5.41, 5.74) is 8.09. The van der Waals surface area contributed by atoms with Gasteiger partial charge in [-0.15, -0.1) is 0 Å². The highest BCUT2D eigenvalue weighted by Crippen LogP contribution is 2.34. The van der Waals surface area contributed by atoms with E-state index in [9.17, 15) is 5.02 Å². The molecular formula is C36H29BN2O. The third-order valence-electron chi connectivity index (χ3n) is 6.99. The molecule has 192 valence electrons. The average molecular weight is 516 g/mol. The Kier molecular flexibility index (Phi) is 7.43. The van der Waals surface area contributed by atoms with Gasteiger partial charge in [0.2, 0.25) is 0 Å². The van der Waals surface area contributed by atoms with Crippen molar-refractivity contribution in [3.05, 3.63) is 170 Å². The fourth-order valence-electron chi connectivity index (χ4n) is 5.01. The highest BCUT2D eigenvalue weighted by atomic mass is 16.2. The first-order chi connectivity index (χ1) is 19.8. The maximum Gasteiger partial charge on any atom is 0.358 e. The van der Waals surface area contributed by atoms with E-state index in [2.05, 4.69) is 82.6 Å². The van der Waals surface area contributed by atoms with Gasteiger partial charge in [0, 0.05) is 34.1 Å². The lowest BCUT2D eigenvalue weighted by Gasteiger charge is -2.26. The molecule has 4 heteroatoms. The van der Waals surface area contributed by atoms with E-state index in [4.69, 9.17) is 0 Å². The largest absolute Gasteiger partial charge is 0.443 e. The van der Waals surface area contributed by atoms with Crippen molar-refractivity contribution < 1.29 is 5.02 Å². The summed E-state index contributed by atoms with van der Waals surface area (Å²) in [6.45, 7) is -0.730. The van der Waals surface area contributed by atoms with Crippen LogP contribution in [0, 0.1) is 0 Å². The van der Waals surface area contributed by atoms with Crippen molar-refractivity contribution in [1.82, 2.24) is 0 Å². The second-order valence-corrected chi connectivity index (χ2v) is 9.60. The quantitative estimate of drug-likeness (QED) is 0.210. The van der Waals surface area contributed by atoms with Crippen LogP contribution in [0.1, 0.15) is 0 Å². The van der Waals surface area contributed by atoms with Crippen LogP contribution in [0.25, 0.3) is 0 Å². The number of para-hydroxylation sites is 4. The van der Waals surface area contributed by atoms with E-state index in [0.717, 1.165) is 45.0 Å². The molecule has 0 saturated carbocycles. The Balaban J connectivity index is 1.27. The van der Waals surface area contributed by atoms with Crippen LogP contribution in [0.3, 0.4) is 0 Å². The van der Waals surface area contributed by atoms with E-state index >= 15 is 0 Å². The van der Waals surface area contributed by atoms with Gasteiger partial charge in [-0.25, -0.2) is 0 Å². The number of anilines is 6. The molecule has 0 spiro atoms. The molecule has 0 aliphatic rings. The summed E-state index contributed by atoms with van der Waals surface area (Å²) in [6, 6.07) is 57.6. The Morgan fingerprint density at radius 1 is 0.300 bits per heavy atom. The van der Waals surface area contributed by atoms with Gasteiger partial charge in [-0.2, -0.15) is 0 Å². The van der Waals surface area contributed by atoms with Gasteiger partial charge >= 0.3 is 6.92 Å². The van der Waals surface area contributed by atoms with Crippen LogP contribution in [-0.2, 0) is 0 Å². The number of hydrogen-bond donors (Lipinski definition) is 1. The Bertz CT molecular complexity index is 1420. The summed E-state index contributed by atoms with van der Waals surface area (Å²) in [6.07, 6.45) is 0. The van der Waals surface area contributed by atoms with Gasteiger partial charge in [-0.1, -0.05) is 97.1 Å². The summed E-state index contributed by atoms with van der Waals surface area (Å²) in [4.78, 5) is 4.43. The molecule has 0 aliphatic carbocycles. The third-order valence-corrected chi connectivity index (χ3v) is 6.99. The molecule has 0 heterocycles. The van der Waals surface area contributed by atoms with Crippen molar-refractivity contribution >= 4 is 52.0 Å². The molecule has 0 fully saturated rings. The van der Waals surface area contributed by atoms with Crippen LogP contribution in [0.2, 0.25) is 0 Å². The fraction of sp³-hybridized carbons (Fsp3) is 0. The smallest absolute Gasteiger partial charge is 0.358 e. The number of benzene rings is 6. The minimum absolute atomic E-state index is 0.730. The van der Waals surface area contributed by atoms with Gasteiger partial charge in [-0.3, -0.25) is 0 Å². The lowest BCUT2D eigenvalue weighted by molar-refractivity contribution is 0.600. The van der Waals surface area contributed by atoms with E-state index in [-0.39, 0.29) is 0 Å². The van der Waals surface area contributed by atoms with Gasteiger partial charge < -0.3 is 14.8 Å². The van der Waals surface area contributed by atoms with Crippen molar-refractivity contribution in [3.8, 4) is 0 Å². The molecule has 0 unspecified atom stereocenters. The number of hydrogen-bond acceptors (Lipinski definition) is 3. The van der Waals surface area contributed by atoms with Crippen LogP contribution in [0.15, 0.2) is 170 Å². The molecule has 3 nitrogen and oxygen atoms in total. The predicted molar refractivity (Wildman–Crippen MR) is 169 cm³/mol. The van der Waals surface area contributed by atoms with E-state index < -0.39 is 6.92 Å². The highest BCUT2D eigenvalue weighted by molar-refractivity contribution is 6.78. The molecule has 0 aromatic heterocycles. The van der Waals surface area contributed by atoms with Crippen LogP contribution in [0.5, 0.6) is 0 Å². The summed E-state index contributed by atoms with van der Waals surface area (Å²) in [5.74, 6) is 0. The number of nitrogens with zero attached hydrogens (tertiary/aromatic N) is 2. The zero-order valence-electron chi connectivity index (χ0n) is 22.1. The Morgan fingerprint density at radius 2 is 0.525 bits per heavy atom. The summed E-state index contributed by atoms with van der Waals surface area (Å²) in [5, 5.41) is 11.3. The normalized spacial score (nSPS) is 10.6. The van der Waals surface area contributed by atoms with Crippen molar-refractivity contribution in [2.75, 3.05) is 9.80 Å². The Labute approximate surface area is 236 Å². The van der Waals surface area contributed by atoms with Crippen molar-refractivity contribution in [2.24, 2.45) is 0 Å². The molecule has 0 radical (unpaired) electrons. The molecule has 0 atom stereocenters. The zero-order chi connectivity index (χ0) is 27.1. The molecule has 0 saturated heterocycles. The van der Waals surface area contributed by atoms with Crippen LogP contribution in [0.4, 0.5) is 34.1 Å². The Morgan fingerprint density at radius 3 is 0.775 bits per heavy atom. The monoisotopic (exact) mass is 516 g/mol. The first-order valence-electron chi connectivity index (χ1n) is 13.5. The standard InChI is InChI=1S/C36H29BN2O/c40-37(29-21-25-35(26-22-29)38(31-13-5-1-6-14-31)32-15-7-2-8-16-32)30-23-27-36(28-24-30)39(33-17-9-3-10-18-33)34-19-11-4-12-20-34/h1-28,40H. The van der Waals surface area contributed by atoms with E-state index in [0.29, 0.717) is 0 Å². The van der Waals surface area contributed by atoms with Crippen LogP contribution >= 0.6 is 0 Å². The lowest BCUT2D eigenvalue weighted by Crippen LogP contribution is -2.42. The number of rotatable bonds is 8. The second-order valence-electron chi connectivity index (χ2n) is 9.60. The summed E-state index contributed by atoms with van der Waals surface area (Å²) < 4.78 is 0. The molecule has 6 rings (SSSR count). The van der Waals surface area contributed by atoms with Gasteiger partial charge in [0.05, 0.1) is 0 Å². The fourth-order valence-corrected chi connectivity index (χ4v) is 5.01. The lowest BCUT2D eigenvalue weighted by atomic mass is 9.56. The average Bonchev–Trinajstić information content (AvgIpc) is 3.04. The van der Waals surface area contributed by atoms with E-state index in [1.165, 1.54) is 0 Å². The molecule has 1 N–H and O–H groups in total. The molecular weight excluding hydrogens is 487 g/mol. The first kappa shape index (κ1) is 25.2. The first-order valence-corrected chi connectivity index (χ1v) is 13.5. The Hall–Kier alpha value is -5.06. The molecule has 0 aliphatic heterocycles. The molecule has 40 heavy (non-hydrogen) atoms. The minimum atomic E-state index is -0.730. The van der Waals surface area contributed by atoms with Gasteiger partial charge in [0.15, 0.2) is 0 Å². The summed E-state index contributed by atoms with van der Waals surface area (Å²) >= 11 is 0. The minimum Gasteiger partial charge on any atom is -0.443 e. The zero-order valence-corrected chi connectivity index (χ0v) is 22.1. The predicted octanol–water partition coefficient (Wildman–Crippen LogP) is 7.72. The molecule has 6 aromatic carbocycles. The molecule has 6 aromatic rings. The van der Waals surface area contributed by atoms with E-state index in [1.807, 2.05) is 97.1 Å². The van der Waals surface area contributed by atoms with E-state index in [1.54, 1.807) is 0 Å².